The number of hydrogen-bond donors (Lipinski definition) is 1. The molecule has 1 aliphatic rings. The van der Waals surface area contributed by atoms with Crippen molar-refractivity contribution in [2.75, 3.05) is 6.61 Å². The summed E-state index contributed by atoms with van der Waals surface area (Å²) >= 11 is 0. The molecule has 1 amide bonds. The molecule has 0 radical (unpaired) electrons. The van der Waals surface area contributed by atoms with E-state index < -0.39 is 14.1 Å². The Morgan fingerprint density at radius 2 is 1.78 bits per heavy atom. The van der Waals surface area contributed by atoms with Gasteiger partial charge in [-0.2, -0.15) is 0 Å². The fourth-order valence-corrected chi connectivity index (χ4v) is 6.11. The summed E-state index contributed by atoms with van der Waals surface area (Å²) in [7, 11) is -1.41. The monoisotopic (exact) mass is 389 g/mol. The topological polar surface area (TPSA) is 55.4 Å². The molecule has 27 heavy (non-hydrogen) atoms. The van der Waals surface area contributed by atoms with E-state index in [2.05, 4.69) is 49.6 Å². The average Bonchev–Trinajstić information content (AvgIpc) is 3.03. The van der Waals surface area contributed by atoms with Gasteiger partial charge < -0.3 is 10.1 Å². The smallest absolute Gasteiger partial charge is 0.328 e. The number of ether oxygens (including phenoxy) is 1. The van der Waals surface area contributed by atoms with Gasteiger partial charge in [-0.3, -0.25) is 4.79 Å². The van der Waals surface area contributed by atoms with Crippen LogP contribution in [0, 0.1) is 0 Å². The number of esters is 1. The number of amides is 1. The standard InChI is InChI=1S/C22H35NO3Si/c1-4-5-6-7-8-9-16-27(2,3)19-12-10-18(11-13-19)17-21(24)23-20-14-15-26-22(20)25/h10-13,20H,4-9,14-17H2,1-3H3,(H,23,24)/t20-/m0/s1. The van der Waals surface area contributed by atoms with Gasteiger partial charge in [0.1, 0.15) is 6.04 Å². The predicted molar refractivity (Wildman–Crippen MR) is 113 cm³/mol. The van der Waals surface area contributed by atoms with Crippen LogP contribution in [0.25, 0.3) is 0 Å². The van der Waals surface area contributed by atoms with Gasteiger partial charge in [0.25, 0.3) is 0 Å². The summed E-state index contributed by atoms with van der Waals surface area (Å²) in [4.78, 5) is 23.6. The lowest BCUT2D eigenvalue weighted by Crippen LogP contribution is -2.41. The molecule has 2 rings (SSSR count). The zero-order valence-corrected chi connectivity index (χ0v) is 18.2. The maximum atomic E-state index is 12.1. The van der Waals surface area contributed by atoms with Gasteiger partial charge in [0.05, 0.1) is 21.1 Å². The molecular formula is C22H35NO3Si. The number of carbonyl (C=O) groups excluding carboxylic acids is 2. The third kappa shape index (κ3) is 7.13. The minimum Gasteiger partial charge on any atom is -0.464 e. The molecule has 0 aliphatic carbocycles. The third-order valence-corrected chi connectivity index (χ3v) is 9.03. The molecule has 1 aliphatic heterocycles. The number of nitrogens with one attached hydrogen (secondary N) is 1. The van der Waals surface area contributed by atoms with Crippen LogP contribution in [0.4, 0.5) is 0 Å². The number of benzene rings is 1. The van der Waals surface area contributed by atoms with Gasteiger partial charge >= 0.3 is 5.97 Å². The lowest BCUT2D eigenvalue weighted by molar-refractivity contribution is -0.141. The Bertz CT molecular complexity index is 612. The van der Waals surface area contributed by atoms with Crippen LogP contribution in [-0.4, -0.2) is 32.6 Å². The van der Waals surface area contributed by atoms with E-state index in [1.165, 1.54) is 49.8 Å². The molecule has 5 heteroatoms. The van der Waals surface area contributed by atoms with Gasteiger partial charge in [0, 0.05) is 6.42 Å². The first kappa shape index (κ1) is 21.7. The second-order valence-electron chi connectivity index (χ2n) is 8.35. The van der Waals surface area contributed by atoms with Gasteiger partial charge in [-0.15, -0.1) is 0 Å². The molecule has 1 fully saturated rings. The molecule has 1 heterocycles. The van der Waals surface area contributed by atoms with E-state index in [0.717, 1.165) is 5.56 Å². The van der Waals surface area contributed by atoms with Gasteiger partial charge in [-0.1, -0.05) is 94.0 Å². The molecule has 0 bridgehead atoms. The Morgan fingerprint density at radius 3 is 2.41 bits per heavy atom. The first-order valence-corrected chi connectivity index (χ1v) is 13.7. The minimum atomic E-state index is -1.41. The van der Waals surface area contributed by atoms with Crippen molar-refractivity contribution in [2.45, 2.75) is 83.5 Å². The van der Waals surface area contributed by atoms with E-state index in [9.17, 15) is 9.59 Å². The highest BCUT2D eigenvalue weighted by Gasteiger charge is 2.28. The SMILES string of the molecule is CCCCCCCC[Si](C)(C)c1ccc(CC(=O)N[C@H]2CCOC2=O)cc1. The van der Waals surface area contributed by atoms with Gasteiger partial charge in [-0.25, -0.2) is 4.79 Å². The van der Waals surface area contributed by atoms with Crippen LogP contribution in [0.1, 0.15) is 57.4 Å². The Kier molecular flexibility index (Phi) is 8.54. The molecule has 0 aromatic heterocycles. The Balaban J connectivity index is 1.78. The number of unbranched alkanes of at least 4 members (excludes halogenated alkanes) is 5. The molecule has 0 spiro atoms. The summed E-state index contributed by atoms with van der Waals surface area (Å²) in [6.45, 7) is 7.53. The molecule has 4 nitrogen and oxygen atoms in total. The van der Waals surface area contributed by atoms with Crippen molar-refractivity contribution in [3.8, 4) is 0 Å². The zero-order chi connectivity index (χ0) is 19.7. The number of rotatable bonds is 11. The van der Waals surface area contributed by atoms with Gasteiger partial charge in [-0.05, 0) is 5.56 Å². The first-order chi connectivity index (χ1) is 12.9. The Morgan fingerprint density at radius 1 is 1.11 bits per heavy atom. The number of carbonyl (C=O) groups is 2. The van der Waals surface area contributed by atoms with Crippen LogP contribution in [-0.2, 0) is 20.7 Å². The van der Waals surface area contributed by atoms with Crippen molar-refractivity contribution >= 4 is 25.1 Å². The average molecular weight is 390 g/mol. The van der Waals surface area contributed by atoms with Crippen molar-refractivity contribution in [1.29, 1.82) is 0 Å². The van der Waals surface area contributed by atoms with Crippen LogP contribution < -0.4 is 10.5 Å². The maximum Gasteiger partial charge on any atom is 0.328 e. The van der Waals surface area contributed by atoms with Crippen molar-refractivity contribution in [1.82, 2.24) is 5.32 Å². The third-order valence-electron chi connectivity index (χ3n) is 5.53. The van der Waals surface area contributed by atoms with Crippen LogP contribution in [0.5, 0.6) is 0 Å². The normalized spacial score (nSPS) is 17.0. The number of hydrogen-bond acceptors (Lipinski definition) is 3. The highest BCUT2D eigenvalue weighted by atomic mass is 28.3. The van der Waals surface area contributed by atoms with Crippen LogP contribution in [0.2, 0.25) is 19.1 Å². The molecule has 1 aromatic carbocycles. The summed E-state index contributed by atoms with van der Waals surface area (Å²) in [6.07, 6.45) is 8.94. The lowest BCUT2D eigenvalue weighted by Gasteiger charge is -2.23. The van der Waals surface area contributed by atoms with Crippen molar-refractivity contribution in [3.05, 3.63) is 29.8 Å². The lowest BCUT2D eigenvalue weighted by atomic mass is 10.1. The quantitative estimate of drug-likeness (QED) is 0.354. The molecule has 150 valence electrons. The summed E-state index contributed by atoms with van der Waals surface area (Å²) in [6, 6.07) is 9.39. The predicted octanol–water partition coefficient (Wildman–Crippen LogP) is 3.94. The van der Waals surface area contributed by atoms with E-state index in [1.807, 2.05) is 0 Å². The molecule has 0 saturated carbocycles. The van der Waals surface area contributed by atoms with Crippen molar-refractivity contribution in [3.63, 3.8) is 0 Å². The van der Waals surface area contributed by atoms with Crippen LogP contribution in [0.3, 0.4) is 0 Å². The Hall–Kier alpha value is -1.62. The first-order valence-electron chi connectivity index (χ1n) is 10.5. The highest BCUT2D eigenvalue weighted by Crippen LogP contribution is 2.17. The van der Waals surface area contributed by atoms with E-state index in [4.69, 9.17) is 4.74 Å². The van der Waals surface area contributed by atoms with E-state index >= 15 is 0 Å². The summed E-state index contributed by atoms with van der Waals surface area (Å²) in [5.74, 6) is -0.434. The van der Waals surface area contributed by atoms with Crippen LogP contribution >= 0.6 is 0 Å². The second kappa shape index (κ2) is 10.6. The highest BCUT2D eigenvalue weighted by molar-refractivity contribution is 6.89. The molecule has 1 atom stereocenters. The fraction of sp³-hybridized carbons (Fsp3) is 0.636. The molecule has 1 saturated heterocycles. The van der Waals surface area contributed by atoms with E-state index in [-0.39, 0.29) is 11.9 Å². The summed E-state index contributed by atoms with van der Waals surface area (Å²) < 4.78 is 4.88. The molecular weight excluding hydrogens is 354 g/mol. The summed E-state index contributed by atoms with van der Waals surface area (Å²) in [5, 5.41) is 4.22. The van der Waals surface area contributed by atoms with Crippen LogP contribution in [0.15, 0.2) is 24.3 Å². The summed E-state index contributed by atoms with van der Waals surface area (Å²) in [5.41, 5.74) is 0.993. The van der Waals surface area contributed by atoms with Gasteiger partial charge in [0.2, 0.25) is 5.91 Å². The molecule has 0 unspecified atom stereocenters. The maximum absolute atomic E-state index is 12.1. The van der Waals surface area contributed by atoms with Crippen molar-refractivity contribution < 1.29 is 14.3 Å². The van der Waals surface area contributed by atoms with Gasteiger partial charge in [0.15, 0.2) is 0 Å². The fourth-order valence-electron chi connectivity index (χ4n) is 3.62. The second-order valence-corrected chi connectivity index (χ2v) is 13.2. The van der Waals surface area contributed by atoms with E-state index in [1.54, 1.807) is 0 Å². The Labute approximate surface area is 165 Å². The zero-order valence-electron chi connectivity index (χ0n) is 17.2. The minimum absolute atomic E-state index is 0.116. The number of cyclic esters (lactones) is 1. The molecule has 1 aromatic rings. The van der Waals surface area contributed by atoms with Crippen molar-refractivity contribution in [2.24, 2.45) is 0 Å². The molecule has 1 N–H and O–H groups in total. The van der Waals surface area contributed by atoms with E-state index in [0.29, 0.717) is 19.4 Å². The largest absolute Gasteiger partial charge is 0.464 e.